The number of fused-ring (bicyclic) bond motifs is 3. The van der Waals surface area contributed by atoms with Crippen molar-refractivity contribution in [2.75, 3.05) is 0 Å². The normalized spacial score (nSPS) is 13.8. The summed E-state index contributed by atoms with van der Waals surface area (Å²) < 4.78 is 1.68. The molecule has 3 aromatic rings. The molecule has 1 aliphatic carbocycles. The summed E-state index contributed by atoms with van der Waals surface area (Å²) in [5.74, 6) is 0. The Morgan fingerprint density at radius 2 is 2.24 bits per heavy atom. The number of halogens is 1. The van der Waals surface area contributed by atoms with Crippen molar-refractivity contribution in [1.82, 2.24) is 9.55 Å². The van der Waals surface area contributed by atoms with Crippen molar-refractivity contribution in [3.63, 3.8) is 0 Å². The number of thiophene rings is 1. The van der Waals surface area contributed by atoms with E-state index in [4.69, 9.17) is 11.6 Å². The fourth-order valence-corrected chi connectivity index (χ4v) is 4.40. The van der Waals surface area contributed by atoms with E-state index in [1.54, 1.807) is 22.2 Å². The maximum atomic E-state index is 12.7. The lowest BCUT2D eigenvalue weighted by atomic mass is 10.2. The van der Waals surface area contributed by atoms with E-state index >= 15 is 0 Å². The van der Waals surface area contributed by atoms with Crippen LogP contribution >= 0.6 is 22.9 Å². The van der Waals surface area contributed by atoms with Crippen molar-refractivity contribution in [1.29, 1.82) is 0 Å². The van der Waals surface area contributed by atoms with Crippen molar-refractivity contribution in [3.8, 4) is 0 Å². The molecule has 4 rings (SSSR count). The summed E-state index contributed by atoms with van der Waals surface area (Å²) >= 11 is 7.68. The summed E-state index contributed by atoms with van der Waals surface area (Å²) in [6.45, 7) is 0.507. The molecular weight excluding hydrogens is 304 g/mol. The van der Waals surface area contributed by atoms with E-state index in [1.165, 1.54) is 10.4 Å². The van der Waals surface area contributed by atoms with Crippen LogP contribution in [0.4, 0.5) is 0 Å². The third-order valence-corrected chi connectivity index (χ3v) is 5.37. The van der Waals surface area contributed by atoms with Gasteiger partial charge in [0.2, 0.25) is 0 Å². The molecule has 0 fully saturated rings. The predicted octanol–water partition coefficient (Wildman–Crippen LogP) is 3.65. The van der Waals surface area contributed by atoms with Crippen molar-refractivity contribution < 1.29 is 0 Å². The molecule has 0 atom stereocenters. The van der Waals surface area contributed by atoms with Gasteiger partial charge in [-0.2, -0.15) is 0 Å². The smallest absolute Gasteiger partial charge is 0.262 e. The van der Waals surface area contributed by atoms with Crippen molar-refractivity contribution >= 4 is 33.2 Å². The molecule has 0 radical (unpaired) electrons. The molecule has 0 amide bonds. The van der Waals surface area contributed by atoms with Crippen molar-refractivity contribution in [3.05, 3.63) is 62.0 Å². The van der Waals surface area contributed by atoms with Gasteiger partial charge in [0.05, 0.1) is 18.3 Å². The molecule has 0 bridgehead atoms. The van der Waals surface area contributed by atoms with E-state index in [2.05, 4.69) is 4.98 Å². The van der Waals surface area contributed by atoms with Gasteiger partial charge in [0, 0.05) is 9.90 Å². The number of nitrogens with zero attached hydrogens (tertiary/aromatic N) is 2. The zero-order valence-electron chi connectivity index (χ0n) is 11.3. The Labute approximate surface area is 130 Å². The van der Waals surface area contributed by atoms with E-state index in [1.807, 2.05) is 24.3 Å². The lowest BCUT2D eigenvalue weighted by Crippen LogP contribution is -2.21. The molecule has 3 nitrogen and oxygen atoms in total. The Bertz CT molecular complexity index is 897. The Balaban J connectivity index is 1.83. The second-order valence-corrected chi connectivity index (χ2v) is 6.87. The quantitative estimate of drug-likeness (QED) is 0.723. The van der Waals surface area contributed by atoms with Gasteiger partial charge >= 0.3 is 0 Å². The first-order valence-corrected chi connectivity index (χ1v) is 8.16. The standard InChI is InChI=1S/C16H13ClN2OS/c17-11-4-1-3-10(7-11)8-19-9-18-15-14(16(19)20)12-5-2-6-13(12)21-15/h1,3-4,7,9H,2,5-6,8H2. The average molecular weight is 317 g/mol. The van der Waals surface area contributed by atoms with Crippen LogP contribution in [0.1, 0.15) is 22.4 Å². The second kappa shape index (κ2) is 4.97. The van der Waals surface area contributed by atoms with Crippen LogP contribution in [0.25, 0.3) is 10.2 Å². The summed E-state index contributed by atoms with van der Waals surface area (Å²) in [4.78, 5) is 19.4. The Morgan fingerprint density at radius 1 is 1.33 bits per heavy atom. The van der Waals surface area contributed by atoms with Gasteiger partial charge in [-0.1, -0.05) is 23.7 Å². The third kappa shape index (κ3) is 2.19. The third-order valence-electron chi connectivity index (χ3n) is 3.93. The molecule has 5 heteroatoms. The van der Waals surface area contributed by atoms with Crippen LogP contribution in [0.15, 0.2) is 35.4 Å². The number of hydrogen-bond donors (Lipinski definition) is 0. The lowest BCUT2D eigenvalue weighted by Gasteiger charge is -2.06. The van der Waals surface area contributed by atoms with Gasteiger partial charge < -0.3 is 0 Å². The van der Waals surface area contributed by atoms with Gasteiger partial charge in [-0.25, -0.2) is 4.98 Å². The monoisotopic (exact) mass is 316 g/mol. The topological polar surface area (TPSA) is 34.9 Å². The number of hydrogen-bond acceptors (Lipinski definition) is 3. The Kier molecular flexibility index (Phi) is 3.08. The fourth-order valence-electron chi connectivity index (χ4n) is 2.96. The predicted molar refractivity (Wildman–Crippen MR) is 86.5 cm³/mol. The van der Waals surface area contributed by atoms with E-state index in [0.717, 1.165) is 35.0 Å². The number of benzene rings is 1. The number of aryl methyl sites for hydroxylation is 2. The highest BCUT2D eigenvalue weighted by Crippen LogP contribution is 2.34. The van der Waals surface area contributed by atoms with Gasteiger partial charge in [-0.15, -0.1) is 11.3 Å². The van der Waals surface area contributed by atoms with Crippen LogP contribution in [0.5, 0.6) is 0 Å². The SMILES string of the molecule is O=c1c2c3c(sc2ncn1Cc1cccc(Cl)c1)CCC3. The van der Waals surface area contributed by atoms with Crippen LogP contribution in [0, 0.1) is 0 Å². The molecule has 1 aliphatic rings. The molecule has 2 heterocycles. The van der Waals surface area contributed by atoms with E-state index in [0.29, 0.717) is 11.6 Å². The summed E-state index contributed by atoms with van der Waals surface area (Å²) in [5, 5.41) is 1.52. The van der Waals surface area contributed by atoms with Gasteiger partial charge in [0.15, 0.2) is 0 Å². The molecule has 0 saturated heterocycles. The molecule has 21 heavy (non-hydrogen) atoms. The summed E-state index contributed by atoms with van der Waals surface area (Å²) in [5.41, 5.74) is 2.31. The van der Waals surface area contributed by atoms with Crippen LogP contribution in [0.3, 0.4) is 0 Å². The van der Waals surface area contributed by atoms with Gasteiger partial charge in [0.25, 0.3) is 5.56 Å². The highest BCUT2D eigenvalue weighted by atomic mass is 35.5. The van der Waals surface area contributed by atoms with Crippen LogP contribution in [-0.4, -0.2) is 9.55 Å². The molecule has 1 aromatic carbocycles. The second-order valence-electron chi connectivity index (χ2n) is 5.35. The van der Waals surface area contributed by atoms with Crippen molar-refractivity contribution in [2.45, 2.75) is 25.8 Å². The largest absolute Gasteiger partial charge is 0.294 e. The molecule has 0 saturated carbocycles. The maximum Gasteiger partial charge on any atom is 0.262 e. The molecule has 0 spiro atoms. The fraction of sp³-hybridized carbons (Fsp3) is 0.250. The van der Waals surface area contributed by atoms with E-state index < -0.39 is 0 Å². The van der Waals surface area contributed by atoms with E-state index in [-0.39, 0.29) is 5.56 Å². The average Bonchev–Trinajstić information content (AvgIpc) is 3.02. The highest BCUT2D eigenvalue weighted by molar-refractivity contribution is 7.18. The summed E-state index contributed by atoms with van der Waals surface area (Å²) in [6, 6.07) is 7.59. The summed E-state index contributed by atoms with van der Waals surface area (Å²) in [6.07, 6.45) is 4.90. The first-order valence-electron chi connectivity index (χ1n) is 6.96. The molecule has 0 unspecified atom stereocenters. The summed E-state index contributed by atoms with van der Waals surface area (Å²) in [7, 11) is 0. The molecule has 2 aromatic heterocycles. The van der Waals surface area contributed by atoms with Crippen molar-refractivity contribution in [2.24, 2.45) is 0 Å². The zero-order chi connectivity index (χ0) is 14.4. The number of aromatic nitrogens is 2. The van der Waals surface area contributed by atoms with E-state index in [9.17, 15) is 4.79 Å². The maximum absolute atomic E-state index is 12.7. The highest BCUT2D eigenvalue weighted by Gasteiger charge is 2.21. The minimum absolute atomic E-state index is 0.0689. The molecule has 0 N–H and O–H groups in total. The first kappa shape index (κ1) is 13.0. The zero-order valence-corrected chi connectivity index (χ0v) is 12.9. The Hall–Kier alpha value is -1.65. The minimum atomic E-state index is 0.0689. The number of rotatable bonds is 2. The van der Waals surface area contributed by atoms with Crippen LogP contribution in [-0.2, 0) is 19.4 Å². The lowest BCUT2D eigenvalue weighted by molar-refractivity contribution is 0.748. The Morgan fingerprint density at radius 3 is 3.10 bits per heavy atom. The van der Waals surface area contributed by atoms with Crippen LogP contribution < -0.4 is 5.56 Å². The van der Waals surface area contributed by atoms with Gasteiger partial charge in [-0.05, 0) is 42.5 Å². The molecular formula is C16H13ClN2OS. The molecule has 106 valence electrons. The van der Waals surface area contributed by atoms with Gasteiger partial charge in [-0.3, -0.25) is 9.36 Å². The van der Waals surface area contributed by atoms with Crippen LogP contribution in [0.2, 0.25) is 5.02 Å². The minimum Gasteiger partial charge on any atom is -0.294 e. The molecule has 0 aliphatic heterocycles. The first-order chi connectivity index (χ1) is 10.2. The van der Waals surface area contributed by atoms with Gasteiger partial charge in [0.1, 0.15) is 4.83 Å².